The molecule has 5 heteroatoms. The molecule has 1 fully saturated rings. The molecule has 0 aromatic carbocycles. The second kappa shape index (κ2) is 7.01. The number of nitrogens with one attached hydrogen (secondary N) is 1. The van der Waals surface area contributed by atoms with E-state index in [2.05, 4.69) is 22.3 Å². The summed E-state index contributed by atoms with van der Waals surface area (Å²) in [6.45, 7) is 4.97. The lowest BCUT2D eigenvalue weighted by Gasteiger charge is -2.35. The van der Waals surface area contributed by atoms with Crippen LogP contribution < -0.4 is 5.32 Å². The first-order valence-electron chi connectivity index (χ1n) is 7.48. The topological polar surface area (TPSA) is 63.0 Å². The summed E-state index contributed by atoms with van der Waals surface area (Å²) in [6.07, 6.45) is 8.76. The molecule has 0 aliphatic heterocycles. The van der Waals surface area contributed by atoms with Crippen LogP contribution in [-0.2, 0) is 13.1 Å². The summed E-state index contributed by atoms with van der Waals surface area (Å²) < 4.78 is 1.96. The molecular weight excluding hydrogens is 240 g/mol. The van der Waals surface area contributed by atoms with Crippen molar-refractivity contribution >= 4 is 0 Å². The van der Waals surface area contributed by atoms with E-state index in [1.54, 1.807) is 6.33 Å². The number of hydrogen-bond acceptors (Lipinski definition) is 4. The first-order valence-corrected chi connectivity index (χ1v) is 7.48. The highest BCUT2D eigenvalue weighted by Gasteiger charge is 2.30. The summed E-state index contributed by atoms with van der Waals surface area (Å²) in [7, 11) is 0. The van der Waals surface area contributed by atoms with Crippen LogP contribution in [0, 0.1) is 5.41 Å². The van der Waals surface area contributed by atoms with Crippen LogP contribution in [0.1, 0.15) is 51.3 Å². The normalized spacial score (nSPS) is 18.6. The zero-order valence-corrected chi connectivity index (χ0v) is 11.9. The van der Waals surface area contributed by atoms with Crippen LogP contribution in [0.5, 0.6) is 0 Å². The van der Waals surface area contributed by atoms with Crippen molar-refractivity contribution in [2.45, 2.75) is 58.5 Å². The minimum Gasteiger partial charge on any atom is -0.396 e. The summed E-state index contributed by atoms with van der Waals surface area (Å²) in [5.74, 6) is 0.991. The minimum atomic E-state index is 0.0911. The quantitative estimate of drug-likeness (QED) is 0.789. The molecule has 1 heterocycles. The molecule has 1 saturated carbocycles. The van der Waals surface area contributed by atoms with Gasteiger partial charge in [-0.3, -0.25) is 0 Å². The van der Waals surface area contributed by atoms with Crippen molar-refractivity contribution in [2.24, 2.45) is 5.41 Å². The first kappa shape index (κ1) is 14.5. The van der Waals surface area contributed by atoms with E-state index in [-0.39, 0.29) is 5.41 Å². The molecule has 2 rings (SSSR count). The molecule has 2 N–H and O–H groups in total. The zero-order valence-electron chi connectivity index (χ0n) is 11.9. The smallest absolute Gasteiger partial charge is 0.140 e. The van der Waals surface area contributed by atoms with Crippen LogP contribution in [0.3, 0.4) is 0 Å². The third-order valence-electron chi connectivity index (χ3n) is 4.16. The van der Waals surface area contributed by atoms with Crippen molar-refractivity contribution in [3.8, 4) is 0 Å². The Morgan fingerprint density at radius 1 is 1.37 bits per heavy atom. The second-order valence-corrected chi connectivity index (χ2v) is 5.72. The SMILES string of the molecule is CCCn1ncnc1CNCC1(CO)CCCCC1. The van der Waals surface area contributed by atoms with Gasteiger partial charge in [-0.2, -0.15) is 5.10 Å². The highest BCUT2D eigenvalue weighted by molar-refractivity contribution is 4.88. The number of aryl methyl sites for hydroxylation is 1. The van der Waals surface area contributed by atoms with E-state index in [0.717, 1.165) is 44.7 Å². The summed E-state index contributed by atoms with van der Waals surface area (Å²) in [5, 5.41) is 17.4. The number of aliphatic hydroxyl groups excluding tert-OH is 1. The highest BCUT2D eigenvalue weighted by Crippen LogP contribution is 2.35. The zero-order chi connectivity index (χ0) is 13.6. The third kappa shape index (κ3) is 3.76. The van der Waals surface area contributed by atoms with E-state index in [9.17, 15) is 5.11 Å². The van der Waals surface area contributed by atoms with Gasteiger partial charge in [-0.05, 0) is 19.3 Å². The van der Waals surface area contributed by atoms with E-state index in [4.69, 9.17) is 0 Å². The molecule has 0 spiro atoms. The fourth-order valence-corrected chi connectivity index (χ4v) is 2.96. The first-order chi connectivity index (χ1) is 9.29. The number of nitrogens with zero attached hydrogens (tertiary/aromatic N) is 3. The van der Waals surface area contributed by atoms with Gasteiger partial charge in [-0.1, -0.05) is 26.2 Å². The number of hydrogen-bond donors (Lipinski definition) is 2. The Labute approximate surface area is 115 Å². The molecule has 0 radical (unpaired) electrons. The Morgan fingerprint density at radius 2 is 2.16 bits per heavy atom. The molecule has 1 aliphatic carbocycles. The van der Waals surface area contributed by atoms with Crippen molar-refractivity contribution < 1.29 is 5.11 Å². The van der Waals surface area contributed by atoms with E-state index in [1.165, 1.54) is 19.3 Å². The number of rotatable bonds is 7. The van der Waals surface area contributed by atoms with E-state index >= 15 is 0 Å². The molecule has 1 aromatic rings. The van der Waals surface area contributed by atoms with Gasteiger partial charge in [0.15, 0.2) is 0 Å². The Balaban J connectivity index is 1.83. The Bertz CT molecular complexity index is 371. The molecule has 1 aliphatic rings. The predicted molar refractivity (Wildman–Crippen MR) is 74.6 cm³/mol. The Hall–Kier alpha value is -0.940. The minimum absolute atomic E-state index is 0.0911. The summed E-state index contributed by atoms with van der Waals surface area (Å²) in [6, 6.07) is 0. The molecular formula is C14H26N4O. The van der Waals surface area contributed by atoms with Crippen molar-refractivity contribution in [1.82, 2.24) is 20.1 Å². The largest absolute Gasteiger partial charge is 0.396 e. The van der Waals surface area contributed by atoms with Crippen molar-refractivity contribution in [2.75, 3.05) is 13.2 Å². The maximum Gasteiger partial charge on any atom is 0.140 e. The van der Waals surface area contributed by atoms with E-state index < -0.39 is 0 Å². The fraction of sp³-hybridized carbons (Fsp3) is 0.857. The maximum atomic E-state index is 9.66. The molecule has 0 saturated heterocycles. The van der Waals surface area contributed by atoms with Gasteiger partial charge in [-0.25, -0.2) is 9.67 Å². The Kier molecular flexibility index (Phi) is 5.34. The van der Waals surface area contributed by atoms with Gasteiger partial charge in [0.25, 0.3) is 0 Å². The molecule has 0 amide bonds. The van der Waals surface area contributed by atoms with Gasteiger partial charge in [0.05, 0.1) is 6.54 Å². The van der Waals surface area contributed by atoms with E-state index in [1.807, 2.05) is 4.68 Å². The second-order valence-electron chi connectivity index (χ2n) is 5.72. The van der Waals surface area contributed by atoms with Gasteiger partial charge >= 0.3 is 0 Å². The standard InChI is InChI=1S/C14H26N4O/c1-2-8-18-13(16-12-17-18)9-15-10-14(11-19)6-4-3-5-7-14/h12,15,19H,2-11H2,1H3. The molecule has 108 valence electrons. The van der Waals surface area contributed by atoms with Crippen molar-refractivity contribution in [3.05, 3.63) is 12.2 Å². The maximum absolute atomic E-state index is 9.66. The summed E-state index contributed by atoms with van der Waals surface area (Å²) in [5.41, 5.74) is 0.0911. The van der Waals surface area contributed by atoms with Crippen molar-refractivity contribution in [1.29, 1.82) is 0 Å². The van der Waals surface area contributed by atoms with Crippen LogP contribution >= 0.6 is 0 Å². The molecule has 0 unspecified atom stereocenters. The predicted octanol–water partition coefficient (Wildman–Crippen LogP) is 1.72. The lowest BCUT2D eigenvalue weighted by molar-refractivity contribution is 0.0808. The van der Waals surface area contributed by atoms with Gasteiger partial charge in [-0.15, -0.1) is 0 Å². The van der Waals surface area contributed by atoms with Crippen LogP contribution in [-0.4, -0.2) is 33.0 Å². The van der Waals surface area contributed by atoms with Crippen LogP contribution in [0.2, 0.25) is 0 Å². The number of aliphatic hydroxyl groups is 1. The monoisotopic (exact) mass is 266 g/mol. The average Bonchev–Trinajstić information content (AvgIpc) is 2.88. The number of aromatic nitrogens is 3. The summed E-state index contributed by atoms with van der Waals surface area (Å²) >= 11 is 0. The molecule has 1 aromatic heterocycles. The van der Waals surface area contributed by atoms with Crippen LogP contribution in [0.15, 0.2) is 6.33 Å². The van der Waals surface area contributed by atoms with E-state index in [0.29, 0.717) is 6.61 Å². The van der Waals surface area contributed by atoms with Crippen molar-refractivity contribution in [3.63, 3.8) is 0 Å². The van der Waals surface area contributed by atoms with Gasteiger partial charge in [0.2, 0.25) is 0 Å². The highest BCUT2D eigenvalue weighted by atomic mass is 16.3. The van der Waals surface area contributed by atoms with Gasteiger partial charge in [0, 0.05) is 25.1 Å². The fourth-order valence-electron chi connectivity index (χ4n) is 2.96. The lowest BCUT2D eigenvalue weighted by atomic mass is 9.74. The Morgan fingerprint density at radius 3 is 2.84 bits per heavy atom. The molecule has 19 heavy (non-hydrogen) atoms. The lowest BCUT2D eigenvalue weighted by Crippen LogP contribution is -2.39. The molecule has 5 nitrogen and oxygen atoms in total. The molecule has 0 bridgehead atoms. The summed E-state index contributed by atoms with van der Waals surface area (Å²) in [4.78, 5) is 4.29. The van der Waals surface area contributed by atoms with Crippen LogP contribution in [0.25, 0.3) is 0 Å². The molecule has 0 atom stereocenters. The van der Waals surface area contributed by atoms with Crippen LogP contribution in [0.4, 0.5) is 0 Å². The third-order valence-corrected chi connectivity index (χ3v) is 4.16. The van der Waals surface area contributed by atoms with Gasteiger partial charge < -0.3 is 10.4 Å². The average molecular weight is 266 g/mol. The van der Waals surface area contributed by atoms with Gasteiger partial charge in [0.1, 0.15) is 12.2 Å².